The highest BCUT2D eigenvalue weighted by Gasteiger charge is 2.06. The normalized spacial score (nSPS) is 10.2. The molecule has 0 saturated heterocycles. The van der Waals surface area contributed by atoms with Crippen LogP contribution in [0.1, 0.15) is 18.7 Å². The summed E-state index contributed by atoms with van der Waals surface area (Å²) in [6.45, 7) is 0.151. The molecule has 1 amide bonds. The Balaban J connectivity index is 1.90. The summed E-state index contributed by atoms with van der Waals surface area (Å²) in [6.07, 6.45) is 2.33. The van der Waals surface area contributed by atoms with Crippen molar-refractivity contribution in [3.8, 4) is 11.5 Å². The van der Waals surface area contributed by atoms with Gasteiger partial charge in [0.25, 0.3) is 0 Å². The van der Waals surface area contributed by atoms with Crippen LogP contribution < -0.4 is 5.32 Å². The van der Waals surface area contributed by atoms with Gasteiger partial charge in [-0.25, -0.2) is 0 Å². The fourth-order valence-electron chi connectivity index (χ4n) is 1.42. The first-order valence-corrected chi connectivity index (χ1v) is 6.15. The van der Waals surface area contributed by atoms with E-state index in [9.17, 15) is 4.79 Å². The van der Waals surface area contributed by atoms with E-state index >= 15 is 0 Å². The molecule has 0 radical (unpaired) electrons. The highest BCUT2D eigenvalue weighted by molar-refractivity contribution is 5.75. The number of hydrogen-bond acceptors (Lipinski definition) is 7. The molecule has 0 unspecified atom stereocenters. The fourth-order valence-corrected chi connectivity index (χ4v) is 1.42. The number of rotatable bonds is 6. The van der Waals surface area contributed by atoms with Crippen LogP contribution in [0.4, 0.5) is 0 Å². The first-order valence-electron chi connectivity index (χ1n) is 6.15. The van der Waals surface area contributed by atoms with Gasteiger partial charge in [-0.2, -0.15) is 0 Å². The molecule has 0 fully saturated rings. The average Bonchev–Trinajstić information content (AvgIpc) is 2.52. The first kappa shape index (κ1) is 13.9. The monoisotopic (exact) mass is 274 g/mol. The molecule has 0 aliphatic heterocycles. The highest BCUT2D eigenvalue weighted by atomic mass is 16.3. The number of aliphatic hydroxyl groups is 1. The molecule has 8 nitrogen and oxygen atoms in total. The molecular formula is C12H14N6O2. The molecule has 0 saturated carbocycles. The van der Waals surface area contributed by atoms with Gasteiger partial charge in [-0.1, -0.05) is 6.07 Å². The Morgan fingerprint density at radius 1 is 1.20 bits per heavy atom. The molecule has 0 spiro atoms. The van der Waals surface area contributed by atoms with Crippen LogP contribution >= 0.6 is 0 Å². The van der Waals surface area contributed by atoms with Gasteiger partial charge in [-0.15, -0.1) is 20.4 Å². The third kappa shape index (κ3) is 4.02. The Kier molecular flexibility index (Phi) is 5.01. The van der Waals surface area contributed by atoms with Crippen LogP contribution in [0.2, 0.25) is 0 Å². The zero-order chi connectivity index (χ0) is 14.2. The van der Waals surface area contributed by atoms with Crippen LogP contribution in [0.25, 0.3) is 11.5 Å². The molecule has 2 aromatic rings. The molecule has 20 heavy (non-hydrogen) atoms. The Morgan fingerprint density at radius 3 is 2.65 bits per heavy atom. The minimum Gasteiger partial charge on any atom is -0.396 e. The minimum atomic E-state index is -0.170. The smallest absolute Gasteiger partial charge is 0.221 e. The topological polar surface area (TPSA) is 114 Å². The largest absolute Gasteiger partial charge is 0.396 e. The van der Waals surface area contributed by atoms with Gasteiger partial charge in [0.1, 0.15) is 5.69 Å². The standard InChI is InChI=1S/C12H14N6O2/c19-7-3-5-11(20)14-8-10-15-17-12(18-16-10)9-4-1-2-6-13-9/h1-2,4,6,19H,3,5,7-8H2,(H,14,20). The minimum absolute atomic E-state index is 0.00813. The lowest BCUT2D eigenvalue weighted by molar-refractivity contribution is -0.121. The van der Waals surface area contributed by atoms with Crippen LogP contribution in [-0.4, -0.2) is 43.0 Å². The SMILES string of the molecule is O=C(CCCO)NCc1nnc(-c2ccccn2)nn1. The van der Waals surface area contributed by atoms with Crippen LogP contribution in [-0.2, 0) is 11.3 Å². The van der Waals surface area contributed by atoms with Crippen LogP contribution in [0.3, 0.4) is 0 Å². The molecule has 2 heterocycles. The summed E-state index contributed by atoms with van der Waals surface area (Å²) < 4.78 is 0. The highest BCUT2D eigenvalue weighted by Crippen LogP contribution is 2.07. The Bertz CT molecular complexity index is 546. The van der Waals surface area contributed by atoms with Crippen molar-refractivity contribution in [2.75, 3.05) is 6.61 Å². The lowest BCUT2D eigenvalue weighted by Crippen LogP contribution is -2.24. The zero-order valence-corrected chi connectivity index (χ0v) is 10.7. The molecule has 104 valence electrons. The lowest BCUT2D eigenvalue weighted by atomic mass is 10.3. The number of carbonyl (C=O) groups is 1. The molecule has 0 aromatic carbocycles. The first-order chi connectivity index (χ1) is 9.79. The number of nitrogens with one attached hydrogen (secondary N) is 1. The number of nitrogens with zero attached hydrogens (tertiary/aromatic N) is 5. The number of pyridine rings is 1. The second-order valence-electron chi connectivity index (χ2n) is 3.96. The summed E-state index contributed by atoms with van der Waals surface area (Å²) in [5.74, 6) is 0.486. The van der Waals surface area contributed by atoms with Crippen LogP contribution in [0, 0.1) is 0 Å². The number of amides is 1. The third-order valence-corrected chi connectivity index (χ3v) is 2.42. The molecular weight excluding hydrogens is 260 g/mol. The fraction of sp³-hybridized carbons (Fsp3) is 0.333. The van der Waals surface area contributed by atoms with E-state index in [0.29, 0.717) is 23.8 Å². The molecule has 2 rings (SSSR count). The molecule has 8 heteroatoms. The second-order valence-corrected chi connectivity index (χ2v) is 3.96. The van der Waals surface area contributed by atoms with Crippen LogP contribution in [0.15, 0.2) is 24.4 Å². The maximum absolute atomic E-state index is 11.3. The number of hydrogen-bond donors (Lipinski definition) is 2. The van der Waals surface area contributed by atoms with Crippen molar-refractivity contribution < 1.29 is 9.90 Å². The van der Waals surface area contributed by atoms with Crippen molar-refractivity contribution >= 4 is 5.91 Å². The van der Waals surface area contributed by atoms with E-state index in [1.165, 1.54) is 0 Å². The summed E-state index contributed by atoms with van der Waals surface area (Å²) in [5.41, 5.74) is 0.589. The van der Waals surface area contributed by atoms with Crippen molar-refractivity contribution in [3.63, 3.8) is 0 Å². The van der Waals surface area contributed by atoms with Crippen molar-refractivity contribution in [3.05, 3.63) is 30.2 Å². The van der Waals surface area contributed by atoms with Gasteiger partial charge in [0.05, 0.1) is 6.54 Å². The van der Waals surface area contributed by atoms with Crippen molar-refractivity contribution in [1.82, 2.24) is 30.7 Å². The van der Waals surface area contributed by atoms with Gasteiger partial charge in [0, 0.05) is 19.2 Å². The van der Waals surface area contributed by atoms with E-state index in [-0.39, 0.29) is 25.5 Å². The zero-order valence-electron chi connectivity index (χ0n) is 10.7. The number of aliphatic hydroxyl groups excluding tert-OH is 1. The third-order valence-electron chi connectivity index (χ3n) is 2.42. The molecule has 2 aromatic heterocycles. The van der Waals surface area contributed by atoms with E-state index < -0.39 is 0 Å². The summed E-state index contributed by atoms with van der Waals surface area (Å²) in [4.78, 5) is 15.4. The Labute approximate surface area is 115 Å². The molecule has 2 N–H and O–H groups in total. The van der Waals surface area contributed by atoms with E-state index in [4.69, 9.17) is 5.11 Å². The van der Waals surface area contributed by atoms with Gasteiger partial charge in [-0.05, 0) is 18.6 Å². The second kappa shape index (κ2) is 7.19. The summed E-state index contributed by atoms with van der Waals surface area (Å²) in [7, 11) is 0. The van der Waals surface area contributed by atoms with Gasteiger partial charge < -0.3 is 10.4 Å². The Hall–Kier alpha value is -2.48. The molecule has 0 aliphatic rings. The van der Waals surface area contributed by atoms with Gasteiger partial charge in [-0.3, -0.25) is 9.78 Å². The average molecular weight is 274 g/mol. The predicted octanol–water partition coefficient (Wildman–Crippen LogP) is -0.283. The summed E-state index contributed by atoms with van der Waals surface area (Å²) in [5, 5.41) is 26.8. The van der Waals surface area contributed by atoms with Crippen molar-refractivity contribution in [1.29, 1.82) is 0 Å². The lowest BCUT2D eigenvalue weighted by Gasteiger charge is -2.02. The molecule has 0 atom stereocenters. The summed E-state index contributed by atoms with van der Waals surface area (Å²) in [6, 6.07) is 5.37. The van der Waals surface area contributed by atoms with E-state index in [1.807, 2.05) is 6.07 Å². The Morgan fingerprint density at radius 2 is 2.00 bits per heavy atom. The van der Waals surface area contributed by atoms with Gasteiger partial charge in [0.15, 0.2) is 5.82 Å². The quantitative estimate of drug-likeness (QED) is 0.744. The maximum Gasteiger partial charge on any atom is 0.221 e. The van der Waals surface area contributed by atoms with Crippen LogP contribution in [0.5, 0.6) is 0 Å². The van der Waals surface area contributed by atoms with Gasteiger partial charge in [0.2, 0.25) is 11.7 Å². The van der Waals surface area contributed by atoms with Crippen molar-refractivity contribution in [2.45, 2.75) is 19.4 Å². The molecule has 0 aliphatic carbocycles. The maximum atomic E-state index is 11.3. The van der Waals surface area contributed by atoms with E-state index in [0.717, 1.165) is 0 Å². The molecule has 0 bridgehead atoms. The number of carbonyl (C=O) groups excluding carboxylic acids is 1. The van der Waals surface area contributed by atoms with E-state index in [1.54, 1.807) is 18.3 Å². The van der Waals surface area contributed by atoms with E-state index in [2.05, 4.69) is 30.7 Å². The number of aromatic nitrogens is 5. The van der Waals surface area contributed by atoms with Crippen molar-refractivity contribution in [2.24, 2.45) is 0 Å². The van der Waals surface area contributed by atoms with Gasteiger partial charge >= 0.3 is 0 Å². The summed E-state index contributed by atoms with van der Waals surface area (Å²) >= 11 is 0. The predicted molar refractivity (Wildman–Crippen MR) is 69.0 cm³/mol.